The molecule has 3 N–H and O–H groups in total. The molecule has 0 bridgehead atoms. The molecular weight excluding hydrogens is 433 g/mol. The molecule has 7 nitrogen and oxygen atoms in total. The molecule has 3 aromatic heterocycles. The zero-order valence-electron chi connectivity index (χ0n) is 17.9. The number of rotatable bonds is 4. The minimum absolute atomic E-state index is 0.0469. The third-order valence-electron chi connectivity index (χ3n) is 6.21. The highest BCUT2D eigenvalue weighted by atomic mass is 19.4. The summed E-state index contributed by atoms with van der Waals surface area (Å²) in [7, 11) is 0. The monoisotopic (exact) mass is 456 g/mol. The first-order valence-corrected chi connectivity index (χ1v) is 10.8. The molecule has 1 fully saturated rings. The van der Waals surface area contributed by atoms with Crippen molar-refractivity contribution in [1.82, 2.24) is 24.7 Å². The number of carbonyl (C=O) groups is 1. The summed E-state index contributed by atoms with van der Waals surface area (Å²) in [6, 6.07) is 8.85. The molecule has 1 aliphatic carbocycles. The van der Waals surface area contributed by atoms with Crippen molar-refractivity contribution in [1.29, 1.82) is 0 Å². The van der Waals surface area contributed by atoms with Crippen LogP contribution in [0.3, 0.4) is 0 Å². The molecule has 1 saturated carbocycles. The predicted octanol–water partition coefficient (Wildman–Crippen LogP) is 4.69. The lowest BCUT2D eigenvalue weighted by molar-refractivity contribution is -0.140. The Morgan fingerprint density at radius 2 is 1.91 bits per heavy atom. The molecule has 0 aliphatic heterocycles. The zero-order chi connectivity index (χ0) is 23.2. The van der Waals surface area contributed by atoms with Crippen molar-refractivity contribution >= 4 is 28.4 Å². The van der Waals surface area contributed by atoms with Gasteiger partial charge < -0.3 is 15.6 Å². The van der Waals surface area contributed by atoms with E-state index >= 15 is 0 Å². The minimum atomic E-state index is -4.49. The van der Waals surface area contributed by atoms with Crippen LogP contribution in [-0.2, 0) is 6.18 Å². The number of fused-ring (bicyclic) bond motifs is 2. The number of hydrogen-bond donors (Lipinski definition) is 3. The van der Waals surface area contributed by atoms with Crippen LogP contribution in [0.25, 0.3) is 16.7 Å². The van der Waals surface area contributed by atoms with Crippen molar-refractivity contribution in [2.75, 3.05) is 5.32 Å². The van der Waals surface area contributed by atoms with Crippen LogP contribution < -0.4 is 10.6 Å². The van der Waals surface area contributed by atoms with Gasteiger partial charge in [-0.25, -0.2) is 9.97 Å². The maximum Gasteiger partial charge on any atom is 0.434 e. The molecule has 0 spiro atoms. The third-order valence-corrected chi connectivity index (χ3v) is 6.21. The van der Waals surface area contributed by atoms with Gasteiger partial charge in [0.05, 0.1) is 17.4 Å². The summed E-state index contributed by atoms with van der Waals surface area (Å²) < 4.78 is 40.5. The second-order valence-electron chi connectivity index (χ2n) is 8.52. The number of imidazole rings is 2. The number of carbonyl (C=O) groups excluding carboxylic acids is 1. The number of nitrogens with one attached hydrogen (secondary N) is 3. The summed E-state index contributed by atoms with van der Waals surface area (Å²) in [5.74, 6) is 0.461. The first kappa shape index (κ1) is 21.3. The summed E-state index contributed by atoms with van der Waals surface area (Å²) in [4.78, 5) is 23.8. The number of benzene rings is 1. The number of aromatic amines is 1. The number of pyridine rings is 1. The van der Waals surface area contributed by atoms with E-state index in [-0.39, 0.29) is 23.6 Å². The molecule has 0 saturated heterocycles. The van der Waals surface area contributed by atoms with E-state index < -0.39 is 11.9 Å². The van der Waals surface area contributed by atoms with Gasteiger partial charge in [-0.3, -0.25) is 9.20 Å². The van der Waals surface area contributed by atoms with Crippen LogP contribution in [0.15, 0.2) is 42.9 Å². The van der Waals surface area contributed by atoms with Gasteiger partial charge in [0.25, 0.3) is 5.91 Å². The first-order chi connectivity index (χ1) is 15.8. The van der Waals surface area contributed by atoms with Crippen LogP contribution in [0.2, 0.25) is 0 Å². The quantitative estimate of drug-likeness (QED) is 0.416. The van der Waals surface area contributed by atoms with E-state index in [9.17, 15) is 18.0 Å². The Bertz CT molecular complexity index is 1320. The van der Waals surface area contributed by atoms with Gasteiger partial charge in [0.15, 0.2) is 5.69 Å². The lowest BCUT2D eigenvalue weighted by Gasteiger charge is -2.30. The standard InChI is InChI=1S/C23H23F3N6O/c1-13-9-17-18(28-12-27-17)10-16(13)22(33)30-15-7-5-14(6-8-15)29-20-3-2-4-21-31-19(11-32(20)21)23(24,25)26/h2-4,9-12,14-15,29H,5-8H2,1H3,(H,27,28)(H,30,33). The second kappa shape index (κ2) is 8.09. The lowest BCUT2D eigenvalue weighted by atomic mass is 9.90. The Morgan fingerprint density at radius 3 is 2.67 bits per heavy atom. The number of amides is 1. The Labute approximate surface area is 187 Å². The van der Waals surface area contributed by atoms with Crippen molar-refractivity contribution in [3.8, 4) is 0 Å². The fourth-order valence-electron chi connectivity index (χ4n) is 4.45. The van der Waals surface area contributed by atoms with E-state index in [1.807, 2.05) is 13.0 Å². The van der Waals surface area contributed by atoms with Crippen molar-refractivity contribution < 1.29 is 18.0 Å². The highest BCUT2D eigenvalue weighted by Gasteiger charge is 2.34. The molecule has 4 aromatic rings. The average molecular weight is 456 g/mol. The lowest BCUT2D eigenvalue weighted by Crippen LogP contribution is -2.40. The Kier molecular flexibility index (Phi) is 5.22. The van der Waals surface area contributed by atoms with Crippen LogP contribution in [0.1, 0.15) is 47.3 Å². The van der Waals surface area contributed by atoms with Gasteiger partial charge in [0.2, 0.25) is 0 Å². The molecule has 172 valence electrons. The number of aryl methyl sites for hydroxylation is 1. The number of alkyl halides is 3. The van der Waals surface area contributed by atoms with Crippen LogP contribution in [-0.4, -0.2) is 37.3 Å². The van der Waals surface area contributed by atoms with Crippen LogP contribution in [0.5, 0.6) is 0 Å². The summed E-state index contributed by atoms with van der Waals surface area (Å²) in [6.07, 6.45) is 1.27. The summed E-state index contributed by atoms with van der Waals surface area (Å²) >= 11 is 0. The number of aromatic nitrogens is 4. The van der Waals surface area contributed by atoms with E-state index in [2.05, 4.69) is 25.6 Å². The second-order valence-corrected chi connectivity index (χ2v) is 8.52. The summed E-state index contributed by atoms with van der Waals surface area (Å²) in [6.45, 7) is 1.90. The first-order valence-electron chi connectivity index (χ1n) is 10.8. The topological polar surface area (TPSA) is 87.1 Å². The van der Waals surface area contributed by atoms with Gasteiger partial charge in [0.1, 0.15) is 11.5 Å². The normalized spacial score (nSPS) is 19.2. The van der Waals surface area contributed by atoms with Gasteiger partial charge in [0, 0.05) is 23.8 Å². The fraction of sp³-hybridized carbons (Fsp3) is 0.348. The smallest absolute Gasteiger partial charge is 0.368 e. The molecule has 1 aromatic carbocycles. The maximum atomic E-state index is 13.0. The van der Waals surface area contributed by atoms with Gasteiger partial charge in [-0.1, -0.05) is 6.07 Å². The van der Waals surface area contributed by atoms with Gasteiger partial charge >= 0.3 is 6.18 Å². The SMILES string of the molecule is Cc1cc2[nH]cnc2cc1C(=O)NC1CCC(Nc2cccc3nc(C(F)(F)F)cn23)CC1. The van der Waals surface area contributed by atoms with Crippen molar-refractivity contribution in [3.63, 3.8) is 0 Å². The molecular formula is C23H23F3N6O. The third kappa shape index (κ3) is 4.24. The molecule has 0 unspecified atom stereocenters. The van der Waals surface area contributed by atoms with E-state index in [4.69, 9.17) is 0 Å². The molecule has 1 amide bonds. The van der Waals surface area contributed by atoms with E-state index in [0.29, 0.717) is 11.4 Å². The molecule has 0 radical (unpaired) electrons. The summed E-state index contributed by atoms with van der Waals surface area (Å²) in [5, 5.41) is 6.47. The van der Waals surface area contributed by atoms with Crippen LogP contribution in [0.4, 0.5) is 19.0 Å². The van der Waals surface area contributed by atoms with Crippen molar-refractivity contribution in [2.24, 2.45) is 0 Å². The van der Waals surface area contributed by atoms with Crippen LogP contribution >= 0.6 is 0 Å². The summed E-state index contributed by atoms with van der Waals surface area (Å²) in [5.41, 5.74) is 2.48. The molecule has 10 heteroatoms. The van der Waals surface area contributed by atoms with Gasteiger partial charge in [-0.15, -0.1) is 0 Å². The van der Waals surface area contributed by atoms with Crippen molar-refractivity contribution in [3.05, 3.63) is 59.7 Å². The average Bonchev–Trinajstić information content (AvgIpc) is 3.41. The molecule has 1 aliphatic rings. The Balaban J connectivity index is 1.22. The molecule has 5 rings (SSSR count). The van der Waals surface area contributed by atoms with Gasteiger partial charge in [-0.05, 0) is 62.4 Å². The highest BCUT2D eigenvalue weighted by molar-refractivity contribution is 5.99. The number of hydrogen-bond acceptors (Lipinski definition) is 4. The molecule has 3 heterocycles. The number of halogens is 3. The highest BCUT2D eigenvalue weighted by Crippen LogP contribution is 2.30. The Morgan fingerprint density at radius 1 is 1.15 bits per heavy atom. The minimum Gasteiger partial charge on any atom is -0.368 e. The largest absolute Gasteiger partial charge is 0.434 e. The molecule has 33 heavy (non-hydrogen) atoms. The van der Waals surface area contributed by atoms with E-state index in [1.165, 1.54) is 4.40 Å². The zero-order valence-corrected chi connectivity index (χ0v) is 17.9. The maximum absolute atomic E-state index is 13.0. The van der Waals surface area contributed by atoms with Gasteiger partial charge in [-0.2, -0.15) is 13.2 Å². The predicted molar refractivity (Wildman–Crippen MR) is 118 cm³/mol. The van der Waals surface area contributed by atoms with E-state index in [0.717, 1.165) is 48.5 Å². The molecule has 0 atom stereocenters. The van der Waals surface area contributed by atoms with Crippen molar-refractivity contribution in [2.45, 2.75) is 50.9 Å². The number of H-pyrrole nitrogens is 1. The number of nitrogens with zero attached hydrogens (tertiary/aromatic N) is 3. The number of anilines is 1. The fourth-order valence-corrected chi connectivity index (χ4v) is 4.45. The van der Waals surface area contributed by atoms with E-state index in [1.54, 1.807) is 30.6 Å². The van der Waals surface area contributed by atoms with Crippen LogP contribution in [0, 0.1) is 6.92 Å². The Hall–Kier alpha value is -3.56.